The molecule has 0 bridgehead atoms. The number of carbonyl (C=O) groups excluding carboxylic acids is 1. The van der Waals surface area contributed by atoms with E-state index >= 15 is 0 Å². The number of aryl methyl sites for hydroxylation is 1. The molecule has 0 aliphatic heterocycles. The van der Waals surface area contributed by atoms with E-state index in [0.717, 1.165) is 41.1 Å². The number of nitrogens with one attached hydrogen (secondary N) is 1. The summed E-state index contributed by atoms with van der Waals surface area (Å²) >= 11 is 0. The van der Waals surface area contributed by atoms with E-state index in [2.05, 4.69) is 52.6 Å². The van der Waals surface area contributed by atoms with Gasteiger partial charge in [0.05, 0.1) is 5.41 Å². The van der Waals surface area contributed by atoms with Gasteiger partial charge in [-0.1, -0.05) is 94.4 Å². The minimum Gasteiger partial charge on any atom is -0.356 e. The molecule has 1 atom stereocenters. The fraction of sp³-hybridized carbons (Fsp3) is 0.310. The highest BCUT2D eigenvalue weighted by Crippen LogP contribution is 2.41. The Morgan fingerprint density at radius 2 is 1.76 bits per heavy atom. The minimum atomic E-state index is -0.664. The number of rotatable bonds is 10. The second-order valence-electron chi connectivity index (χ2n) is 9.02. The van der Waals surface area contributed by atoms with Crippen LogP contribution in [0.4, 0.5) is 0 Å². The van der Waals surface area contributed by atoms with E-state index in [1.54, 1.807) is 0 Å². The van der Waals surface area contributed by atoms with Crippen LogP contribution in [0.15, 0.2) is 85.1 Å². The molecule has 0 aliphatic rings. The number of hydrogen-bond acceptors (Lipinski definition) is 2. The molecule has 1 N–H and O–H groups in total. The van der Waals surface area contributed by atoms with Gasteiger partial charge >= 0.3 is 0 Å². The lowest BCUT2D eigenvalue weighted by atomic mass is 9.70. The molecule has 0 radical (unpaired) electrons. The average Bonchev–Trinajstić information content (AvgIpc) is 3.19. The molecular weight excluding hydrogens is 406 g/mol. The van der Waals surface area contributed by atoms with Crippen molar-refractivity contribution in [2.45, 2.75) is 46.5 Å². The first kappa shape index (κ1) is 24.2. The van der Waals surface area contributed by atoms with Crippen LogP contribution in [0.25, 0.3) is 17.6 Å². The summed E-state index contributed by atoms with van der Waals surface area (Å²) in [7, 11) is 0. The van der Waals surface area contributed by atoms with E-state index in [1.807, 2.05) is 75.6 Å². The highest BCUT2D eigenvalue weighted by atomic mass is 16.2. The Hall–Kier alpha value is -3.40. The van der Waals surface area contributed by atoms with Crippen LogP contribution in [0, 0.1) is 12.3 Å². The summed E-state index contributed by atoms with van der Waals surface area (Å²) in [6.07, 6.45) is 7.91. The van der Waals surface area contributed by atoms with E-state index in [-0.39, 0.29) is 11.8 Å². The van der Waals surface area contributed by atoms with Crippen molar-refractivity contribution in [2.75, 3.05) is 6.54 Å². The smallest absolute Gasteiger partial charge is 0.226 e. The van der Waals surface area contributed by atoms with E-state index in [4.69, 9.17) is 0 Å². The van der Waals surface area contributed by atoms with E-state index in [0.29, 0.717) is 6.54 Å². The van der Waals surface area contributed by atoms with E-state index in [1.165, 1.54) is 0 Å². The van der Waals surface area contributed by atoms with Crippen LogP contribution >= 0.6 is 0 Å². The van der Waals surface area contributed by atoms with Gasteiger partial charge in [0, 0.05) is 36.1 Å². The molecule has 1 amide bonds. The maximum absolute atomic E-state index is 13.2. The molecule has 4 nitrogen and oxygen atoms in total. The number of amides is 1. The maximum atomic E-state index is 13.2. The van der Waals surface area contributed by atoms with Crippen molar-refractivity contribution in [3.63, 3.8) is 0 Å². The molecule has 2 aromatic carbocycles. The summed E-state index contributed by atoms with van der Waals surface area (Å²) < 4.78 is 2.07. The van der Waals surface area contributed by atoms with Crippen LogP contribution in [0.3, 0.4) is 0 Å². The first-order chi connectivity index (χ1) is 15.9. The highest BCUT2D eigenvalue weighted by molar-refractivity contribution is 5.84. The van der Waals surface area contributed by atoms with Gasteiger partial charge in [-0.05, 0) is 30.6 Å². The molecule has 0 spiro atoms. The Balaban J connectivity index is 1.93. The number of hydrogen-bond donors (Lipinski definition) is 1. The lowest BCUT2D eigenvalue weighted by Gasteiger charge is -2.34. The summed E-state index contributed by atoms with van der Waals surface area (Å²) in [6.45, 7) is 13.3. The van der Waals surface area contributed by atoms with Crippen molar-refractivity contribution in [3.8, 4) is 11.4 Å². The topological polar surface area (TPSA) is 46.9 Å². The van der Waals surface area contributed by atoms with Crippen LogP contribution in [-0.4, -0.2) is 22.0 Å². The predicted molar refractivity (Wildman–Crippen MR) is 138 cm³/mol. The van der Waals surface area contributed by atoms with E-state index < -0.39 is 5.41 Å². The van der Waals surface area contributed by atoms with E-state index in [9.17, 15) is 4.79 Å². The van der Waals surface area contributed by atoms with Gasteiger partial charge < -0.3 is 9.88 Å². The molecule has 1 heterocycles. The third-order valence-corrected chi connectivity index (χ3v) is 6.08. The molecule has 3 aromatic rings. The number of imidazole rings is 1. The molecule has 33 heavy (non-hydrogen) atoms. The molecule has 172 valence electrons. The second kappa shape index (κ2) is 11.0. The van der Waals surface area contributed by atoms with Gasteiger partial charge in [0.2, 0.25) is 5.91 Å². The first-order valence-corrected chi connectivity index (χ1v) is 11.7. The fourth-order valence-electron chi connectivity index (χ4n) is 4.18. The fourth-order valence-corrected chi connectivity index (χ4v) is 4.18. The molecule has 1 unspecified atom stereocenters. The van der Waals surface area contributed by atoms with Crippen LogP contribution in [0.2, 0.25) is 0 Å². The minimum absolute atomic E-state index is 0.0446. The molecule has 0 saturated heterocycles. The summed E-state index contributed by atoms with van der Waals surface area (Å²) in [4.78, 5) is 17.8. The van der Waals surface area contributed by atoms with Crippen LogP contribution in [0.1, 0.15) is 50.8 Å². The number of unbranched alkanes of at least 4 members (excludes halogenated alkanes) is 1. The molecular formula is C29H35N3O. The van der Waals surface area contributed by atoms with Gasteiger partial charge in [0.25, 0.3) is 0 Å². The quantitative estimate of drug-likeness (QED) is 0.284. The standard InChI is InChI=1S/C29H35N3O/c1-6-7-19-30-28(33)29(4,5)26(24-14-10-8-11-15-24)22(2)18-20-32-23(3)21-31-27(32)25-16-12-9-13-17-25/h8-18,20-21,26H,2,6-7,19H2,1,3-5H3,(H,30,33)/b20-18-. The van der Waals surface area contributed by atoms with Crippen molar-refractivity contribution in [2.24, 2.45) is 5.41 Å². The van der Waals surface area contributed by atoms with Crippen molar-refractivity contribution >= 4 is 12.1 Å². The Bertz CT molecular complexity index is 1090. The number of carbonyl (C=O) groups is 1. The average molecular weight is 442 g/mol. The van der Waals surface area contributed by atoms with Crippen molar-refractivity contribution in [3.05, 3.63) is 96.3 Å². The third-order valence-electron chi connectivity index (χ3n) is 6.08. The molecule has 0 fully saturated rings. The lowest BCUT2D eigenvalue weighted by Crippen LogP contribution is -2.41. The molecule has 4 heteroatoms. The van der Waals surface area contributed by atoms with Crippen molar-refractivity contribution in [1.82, 2.24) is 14.9 Å². The molecule has 0 saturated carbocycles. The summed E-state index contributed by atoms with van der Waals surface area (Å²) in [5.41, 5.74) is 3.38. The van der Waals surface area contributed by atoms with Crippen molar-refractivity contribution in [1.29, 1.82) is 0 Å². The Morgan fingerprint density at radius 1 is 1.12 bits per heavy atom. The van der Waals surface area contributed by atoms with Crippen LogP contribution in [0.5, 0.6) is 0 Å². The van der Waals surface area contributed by atoms with Gasteiger partial charge in [0.1, 0.15) is 5.82 Å². The van der Waals surface area contributed by atoms with Gasteiger partial charge in [-0.2, -0.15) is 0 Å². The van der Waals surface area contributed by atoms with Crippen molar-refractivity contribution < 1.29 is 4.79 Å². The third kappa shape index (κ3) is 5.70. The number of nitrogens with zero attached hydrogens (tertiary/aromatic N) is 2. The number of benzene rings is 2. The number of aromatic nitrogens is 2. The maximum Gasteiger partial charge on any atom is 0.226 e. The summed E-state index contributed by atoms with van der Waals surface area (Å²) in [5, 5.41) is 3.12. The van der Waals surface area contributed by atoms with Gasteiger partial charge in [0.15, 0.2) is 0 Å². The normalized spacial score (nSPS) is 12.6. The first-order valence-electron chi connectivity index (χ1n) is 11.7. The summed E-state index contributed by atoms with van der Waals surface area (Å²) in [5.74, 6) is 0.758. The van der Waals surface area contributed by atoms with Gasteiger partial charge in [-0.3, -0.25) is 4.79 Å². The monoisotopic (exact) mass is 441 g/mol. The molecule has 1 aromatic heterocycles. The lowest BCUT2D eigenvalue weighted by molar-refractivity contribution is -0.130. The Kier molecular flexibility index (Phi) is 8.05. The van der Waals surface area contributed by atoms with Crippen LogP contribution in [-0.2, 0) is 4.79 Å². The number of allylic oxidation sites excluding steroid dienone is 2. The Morgan fingerprint density at radius 3 is 2.39 bits per heavy atom. The zero-order valence-corrected chi connectivity index (χ0v) is 20.2. The zero-order chi connectivity index (χ0) is 23.8. The highest BCUT2D eigenvalue weighted by Gasteiger charge is 2.38. The zero-order valence-electron chi connectivity index (χ0n) is 20.2. The van der Waals surface area contributed by atoms with Gasteiger partial charge in [-0.25, -0.2) is 4.98 Å². The van der Waals surface area contributed by atoms with Crippen LogP contribution < -0.4 is 5.32 Å². The second-order valence-corrected chi connectivity index (χ2v) is 9.02. The Labute approximate surface area is 198 Å². The largest absolute Gasteiger partial charge is 0.356 e. The SMILES string of the molecule is C=C(/C=C\n1c(C)cnc1-c1ccccc1)C(c1ccccc1)C(C)(C)C(=O)NCCCC. The predicted octanol–water partition coefficient (Wildman–Crippen LogP) is 6.61. The molecule has 3 rings (SSSR count). The molecule has 0 aliphatic carbocycles. The van der Waals surface area contributed by atoms with Gasteiger partial charge in [-0.15, -0.1) is 0 Å². The summed E-state index contributed by atoms with van der Waals surface area (Å²) in [6, 6.07) is 20.3.